The van der Waals surface area contributed by atoms with Gasteiger partial charge in [0.15, 0.2) is 11.5 Å². The lowest BCUT2D eigenvalue weighted by Crippen LogP contribution is -2.56. The summed E-state index contributed by atoms with van der Waals surface area (Å²) in [5, 5.41) is 33.6. The number of ether oxygens (including phenoxy) is 3. The van der Waals surface area contributed by atoms with Gasteiger partial charge in [-0.1, -0.05) is 6.42 Å². The number of rotatable bonds is 11. The quantitative estimate of drug-likeness (QED) is 0.325. The number of methoxy groups -OCH3 is 2. The van der Waals surface area contributed by atoms with E-state index in [2.05, 4.69) is 5.32 Å². The van der Waals surface area contributed by atoms with Crippen LogP contribution in [0.15, 0.2) is 23.8 Å². The highest BCUT2D eigenvalue weighted by molar-refractivity contribution is 5.96. The topological polar surface area (TPSA) is 138 Å². The molecule has 214 valence electrons. The lowest BCUT2D eigenvalue weighted by Gasteiger charge is -2.41. The van der Waals surface area contributed by atoms with Crippen LogP contribution in [0.5, 0.6) is 11.5 Å². The van der Waals surface area contributed by atoms with Gasteiger partial charge in [-0.2, -0.15) is 0 Å². The maximum absolute atomic E-state index is 13.8. The van der Waals surface area contributed by atoms with Crippen LogP contribution in [0.2, 0.25) is 0 Å². The average molecular weight is 545 g/mol. The van der Waals surface area contributed by atoms with Crippen molar-refractivity contribution in [2.75, 3.05) is 40.5 Å². The molecule has 1 aromatic carbocycles. The second-order valence-corrected chi connectivity index (χ2v) is 11.2. The largest absolute Gasteiger partial charge is 0.493 e. The molecule has 0 saturated heterocycles. The van der Waals surface area contributed by atoms with Crippen LogP contribution in [-0.2, 0) is 20.9 Å². The van der Waals surface area contributed by atoms with E-state index in [1.807, 2.05) is 0 Å². The number of nitrogens with zero attached hydrogens (tertiary/aromatic N) is 1. The van der Waals surface area contributed by atoms with E-state index >= 15 is 0 Å². The molecule has 0 radical (unpaired) electrons. The van der Waals surface area contributed by atoms with Crippen LogP contribution in [0.3, 0.4) is 0 Å². The highest BCUT2D eigenvalue weighted by atomic mass is 16.5. The normalized spacial score (nSPS) is 30.3. The second kappa shape index (κ2) is 11.8. The number of aliphatic hydroxyl groups excluding tert-OH is 3. The minimum absolute atomic E-state index is 0.0606. The zero-order valence-corrected chi connectivity index (χ0v) is 22.7. The van der Waals surface area contributed by atoms with Crippen molar-refractivity contribution in [2.24, 2.45) is 17.8 Å². The summed E-state index contributed by atoms with van der Waals surface area (Å²) in [6.07, 6.45) is 4.80. The van der Waals surface area contributed by atoms with Gasteiger partial charge in [0.1, 0.15) is 12.2 Å². The van der Waals surface area contributed by atoms with Crippen LogP contribution >= 0.6 is 0 Å². The molecule has 10 heteroatoms. The Kier molecular flexibility index (Phi) is 8.46. The lowest BCUT2D eigenvalue weighted by molar-refractivity contribution is -0.139. The summed E-state index contributed by atoms with van der Waals surface area (Å²) in [6, 6.07) is 2.62. The fraction of sp³-hybridized carbons (Fsp3) is 0.655. The number of fused-ring (bicyclic) bond motifs is 5. The van der Waals surface area contributed by atoms with Gasteiger partial charge in [-0.05, 0) is 60.8 Å². The highest BCUT2D eigenvalue weighted by Gasteiger charge is 2.52. The molecular weight excluding hydrogens is 504 g/mol. The van der Waals surface area contributed by atoms with Crippen molar-refractivity contribution in [1.29, 1.82) is 0 Å². The van der Waals surface area contributed by atoms with Gasteiger partial charge in [-0.15, -0.1) is 0 Å². The number of amides is 2. The molecule has 1 heterocycles. The van der Waals surface area contributed by atoms with Gasteiger partial charge in [0, 0.05) is 37.8 Å². The fourth-order valence-corrected chi connectivity index (χ4v) is 7.22. The van der Waals surface area contributed by atoms with Gasteiger partial charge in [-0.25, -0.2) is 0 Å². The van der Waals surface area contributed by atoms with Crippen LogP contribution in [0.25, 0.3) is 0 Å². The third kappa shape index (κ3) is 5.27. The monoisotopic (exact) mass is 544 g/mol. The van der Waals surface area contributed by atoms with Crippen molar-refractivity contribution < 1.29 is 39.1 Å². The molecule has 7 atom stereocenters. The van der Waals surface area contributed by atoms with E-state index in [1.54, 1.807) is 30.2 Å². The Morgan fingerprint density at radius 1 is 1.18 bits per heavy atom. The Balaban J connectivity index is 1.50. The molecule has 10 nitrogen and oxygen atoms in total. The van der Waals surface area contributed by atoms with Gasteiger partial charge in [0.05, 0.1) is 38.9 Å². The molecule has 4 N–H and O–H groups in total. The number of nitrogens with one attached hydrogen (secondary N) is 1. The summed E-state index contributed by atoms with van der Waals surface area (Å²) in [4.78, 5) is 28.8. The van der Waals surface area contributed by atoms with E-state index < -0.39 is 30.1 Å². The van der Waals surface area contributed by atoms with Crippen LogP contribution in [0.1, 0.15) is 49.1 Å². The number of carbonyl (C=O) groups excluding carboxylic acids is 2. The first-order valence-electron chi connectivity index (χ1n) is 14.0. The maximum Gasteiger partial charge on any atom is 0.247 e. The molecule has 0 spiro atoms. The summed E-state index contributed by atoms with van der Waals surface area (Å²) < 4.78 is 17.1. The standard InChI is InChI=1S/C29H40N2O8/c1-37-8-6-31(24(34)13-19-10-16-3-4-18(19)9-16)22-14-21(29(36)30-5-7-32)25-20-11-17(15-33)12-23(38-2)27(20)39-28(25)26(22)35/h11-12,14,16,18-19,22,25-26,28,32-33,35H,3-10,13,15H2,1-2H3,(H,30,36)/t16?,18?,19?,22-,25+,26+,28+/m1/s1. The van der Waals surface area contributed by atoms with E-state index in [4.69, 9.17) is 14.2 Å². The molecule has 3 unspecified atom stereocenters. The lowest BCUT2D eigenvalue weighted by atomic mass is 9.77. The van der Waals surface area contributed by atoms with E-state index in [-0.39, 0.29) is 38.8 Å². The van der Waals surface area contributed by atoms with Crippen molar-refractivity contribution >= 4 is 11.8 Å². The molecule has 2 amide bonds. The molecular formula is C29H40N2O8. The zero-order valence-electron chi connectivity index (χ0n) is 22.7. The molecule has 2 saturated carbocycles. The minimum atomic E-state index is -1.13. The molecule has 1 aromatic rings. The van der Waals surface area contributed by atoms with Crippen molar-refractivity contribution in [3.05, 3.63) is 34.9 Å². The predicted octanol–water partition coefficient (Wildman–Crippen LogP) is 1.11. The van der Waals surface area contributed by atoms with Gasteiger partial charge in [0.2, 0.25) is 11.8 Å². The van der Waals surface area contributed by atoms with Crippen molar-refractivity contribution in [2.45, 2.75) is 62.9 Å². The second-order valence-electron chi connectivity index (χ2n) is 11.2. The van der Waals surface area contributed by atoms with Gasteiger partial charge >= 0.3 is 0 Å². The summed E-state index contributed by atoms with van der Waals surface area (Å²) in [6.45, 7) is 0.155. The van der Waals surface area contributed by atoms with Crippen molar-refractivity contribution in [3.63, 3.8) is 0 Å². The first-order chi connectivity index (χ1) is 18.9. The Morgan fingerprint density at radius 3 is 2.64 bits per heavy atom. The Labute approximate surface area is 228 Å². The van der Waals surface area contributed by atoms with E-state index in [1.165, 1.54) is 26.4 Å². The van der Waals surface area contributed by atoms with Crippen molar-refractivity contribution in [1.82, 2.24) is 10.2 Å². The number of aliphatic hydroxyl groups is 3. The van der Waals surface area contributed by atoms with Crippen molar-refractivity contribution in [3.8, 4) is 11.5 Å². The molecule has 5 rings (SSSR count). The molecule has 0 aromatic heterocycles. The molecule has 1 aliphatic heterocycles. The van der Waals surface area contributed by atoms with E-state index in [0.29, 0.717) is 52.4 Å². The molecule has 3 aliphatic carbocycles. The van der Waals surface area contributed by atoms with E-state index in [0.717, 1.165) is 6.42 Å². The molecule has 39 heavy (non-hydrogen) atoms. The van der Waals surface area contributed by atoms with E-state index in [9.17, 15) is 24.9 Å². The summed E-state index contributed by atoms with van der Waals surface area (Å²) in [7, 11) is 3.06. The van der Waals surface area contributed by atoms with Crippen LogP contribution in [0.4, 0.5) is 0 Å². The van der Waals surface area contributed by atoms with Gasteiger partial charge < -0.3 is 39.7 Å². The number of carbonyl (C=O) groups is 2. The molecule has 2 bridgehead atoms. The SMILES string of the molecule is COCCN(C(=O)CC1CC2CCC1C2)[C@@H]1C=C(C(=O)NCCO)[C@@H]2c3cc(CO)cc(OC)c3O[C@@H]2[C@H]1O. The zero-order chi connectivity index (χ0) is 27.7. The smallest absolute Gasteiger partial charge is 0.247 e. The summed E-state index contributed by atoms with van der Waals surface area (Å²) in [5.41, 5.74) is 1.56. The van der Waals surface area contributed by atoms with Crippen LogP contribution < -0.4 is 14.8 Å². The number of benzene rings is 1. The Bertz CT molecular complexity index is 1110. The van der Waals surface area contributed by atoms with Gasteiger partial charge in [-0.3, -0.25) is 9.59 Å². The average Bonchev–Trinajstić information content (AvgIpc) is 3.67. The third-order valence-electron chi connectivity index (χ3n) is 9.03. The summed E-state index contributed by atoms with van der Waals surface area (Å²) in [5.74, 6) is 1.33. The summed E-state index contributed by atoms with van der Waals surface area (Å²) >= 11 is 0. The minimum Gasteiger partial charge on any atom is -0.493 e. The number of hydrogen-bond acceptors (Lipinski definition) is 8. The van der Waals surface area contributed by atoms with Gasteiger partial charge in [0.25, 0.3) is 0 Å². The first-order valence-corrected chi connectivity index (χ1v) is 14.0. The highest BCUT2D eigenvalue weighted by Crippen LogP contribution is 2.52. The Hall–Kier alpha value is -2.66. The maximum atomic E-state index is 13.8. The number of hydrogen-bond donors (Lipinski definition) is 4. The van der Waals surface area contributed by atoms with Crippen LogP contribution in [0, 0.1) is 17.8 Å². The first kappa shape index (κ1) is 27.9. The molecule has 2 fully saturated rings. The molecule has 4 aliphatic rings. The predicted molar refractivity (Wildman–Crippen MR) is 141 cm³/mol. The fourth-order valence-electron chi connectivity index (χ4n) is 7.22. The van der Waals surface area contributed by atoms with Crippen LogP contribution in [-0.4, -0.2) is 90.8 Å². The Morgan fingerprint density at radius 2 is 2.00 bits per heavy atom. The third-order valence-corrected chi connectivity index (χ3v) is 9.03.